The molecule has 0 amide bonds. The molecule has 38 valence electrons. The van der Waals surface area contributed by atoms with Crippen LogP contribution in [-0.2, 0) is 0 Å². The molecule has 0 saturated carbocycles. The summed E-state index contributed by atoms with van der Waals surface area (Å²) in [7, 11) is 0. The summed E-state index contributed by atoms with van der Waals surface area (Å²) in [4.78, 5) is 3.67. The van der Waals surface area contributed by atoms with Crippen molar-refractivity contribution in [1.29, 1.82) is 0 Å². The second-order valence-electron chi connectivity index (χ2n) is 1.30. The van der Waals surface area contributed by atoms with Crippen LogP contribution < -0.4 is 0 Å². The first-order valence-corrected chi connectivity index (χ1v) is 1.98. The van der Waals surface area contributed by atoms with Gasteiger partial charge in [-0.25, -0.2) is 4.98 Å². The summed E-state index contributed by atoms with van der Waals surface area (Å²) in [6.07, 6.45) is 2.84. The molecule has 0 saturated heterocycles. The van der Waals surface area contributed by atoms with Gasteiger partial charge < -0.3 is 9.94 Å². The molecule has 0 fully saturated rings. The highest BCUT2D eigenvalue weighted by atomic mass is 16.5. The van der Waals surface area contributed by atoms with Gasteiger partial charge in [0.05, 0.1) is 0 Å². The molecule has 3 nitrogen and oxygen atoms in total. The molecule has 1 aromatic rings. The van der Waals surface area contributed by atoms with E-state index in [0.717, 1.165) is 4.73 Å². The number of hydrogen-bond donors (Lipinski definition) is 0. The van der Waals surface area contributed by atoms with E-state index in [-0.39, 0.29) is 0 Å². The molecule has 3 heteroatoms. The van der Waals surface area contributed by atoms with Gasteiger partial charge in [-0.3, -0.25) is 0 Å². The zero-order valence-corrected chi connectivity index (χ0v) is 3.96. The first kappa shape index (κ1) is 4.18. The molecule has 0 atom stereocenters. The summed E-state index contributed by atoms with van der Waals surface area (Å²) in [5, 5.41) is 10.3. The van der Waals surface area contributed by atoms with Gasteiger partial charge in [-0.1, -0.05) is 0 Å². The lowest BCUT2D eigenvalue weighted by Gasteiger charge is -2.04. The van der Waals surface area contributed by atoms with E-state index < -0.39 is 0 Å². The number of aromatic nitrogens is 2. The van der Waals surface area contributed by atoms with Gasteiger partial charge >= 0.3 is 0 Å². The first-order valence-electron chi connectivity index (χ1n) is 1.98. The Morgan fingerprint density at radius 2 is 2.57 bits per heavy atom. The summed E-state index contributed by atoms with van der Waals surface area (Å²) in [6, 6.07) is 0. The maximum Gasteiger partial charge on any atom is 0.100 e. The predicted octanol–water partition coefficient (Wildman–Crippen LogP) is 0.537. The number of aryl methyl sites for hydroxylation is 1. The van der Waals surface area contributed by atoms with Crippen molar-refractivity contribution in [3.05, 3.63) is 23.4 Å². The third-order valence-electron chi connectivity index (χ3n) is 0.782. The minimum absolute atomic E-state index is 0.500. The van der Waals surface area contributed by atoms with Crippen molar-refractivity contribution in [2.45, 2.75) is 6.92 Å². The fraction of sp³-hybridized carbons (Fsp3) is 0.250. The highest BCUT2D eigenvalue weighted by Gasteiger charge is 1.79. The van der Waals surface area contributed by atoms with Crippen molar-refractivity contribution in [2.75, 3.05) is 0 Å². The van der Waals surface area contributed by atoms with Crippen LogP contribution >= 0.6 is 0 Å². The van der Waals surface area contributed by atoms with Gasteiger partial charge in [-0.15, -0.1) is 0 Å². The molecule has 1 heterocycles. The van der Waals surface area contributed by atoms with E-state index in [2.05, 4.69) is 4.98 Å². The van der Waals surface area contributed by atoms with Crippen LogP contribution in [0.1, 0.15) is 5.82 Å². The smallest absolute Gasteiger partial charge is 0.100 e. The Kier molecular flexibility index (Phi) is 0.749. The fourth-order valence-corrected chi connectivity index (χ4v) is 0.367. The second-order valence-corrected chi connectivity index (χ2v) is 1.30. The van der Waals surface area contributed by atoms with E-state index >= 15 is 0 Å². The lowest BCUT2D eigenvalue weighted by Crippen LogP contribution is -1.84. The average molecular weight is 97.1 g/mol. The Labute approximate surface area is 41.2 Å². The summed E-state index contributed by atoms with van der Waals surface area (Å²) in [5.74, 6) is 0.500. The zero-order valence-electron chi connectivity index (χ0n) is 3.96. The first-order chi connectivity index (χ1) is 3.30. The van der Waals surface area contributed by atoms with Crippen molar-refractivity contribution in [3.63, 3.8) is 0 Å². The molecule has 0 N–H and O–H groups in total. The molecule has 0 aliphatic carbocycles. The lowest BCUT2D eigenvalue weighted by molar-refractivity contribution is 0.986. The van der Waals surface area contributed by atoms with Crippen LogP contribution in [0.25, 0.3) is 0 Å². The highest BCUT2D eigenvalue weighted by Crippen LogP contribution is 1.87. The van der Waals surface area contributed by atoms with Crippen LogP contribution in [0.4, 0.5) is 0 Å². The van der Waals surface area contributed by atoms with E-state index in [4.69, 9.17) is 0 Å². The highest BCUT2D eigenvalue weighted by molar-refractivity contribution is 4.89. The van der Waals surface area contributed by atoms with Crippen molar-refractivity contribution in [1.82, 2.24) is 9.71 Å². The number of nitrogens with zero attached hydrogens (tertiary/aromatic N) is 2. The molecule has 7 heavy (non-hydrogen) atoms. The molecule has 0 radical (unpaired) electrons. The van der Waals surface area contributed by atoms with Gasteiger partial charge in [0.2, 0.25) is 0 Å². The van der Waals surface area contributed by atoms with E-state index in [0.29, 0.717) is 5.82 Å². The summed E-state index contributed by atoms with van der Waals surface area (Å²) in [5.41, 5.74) is 0. The molecule has 0 spiro atoms. The lowest BCUT2D eigenvalue weighted by atomic mass is 10.7. The maximum atomic E-state index is 10.3. The predicted molar refractivity (Wildman–Crippen MR) is 25.7 cm³/mol. The number of imidazole rings is 1. The Morgan fingerprint density at radius 1 is 1.86 bits per heavy atom. The molecule has 1 aromatic heterocycles. The summed E-state index contributed by atoms with van der Waals surface area (Å²) in [6.45, 7) is 1.66. The van der Waals surface area contributed by atoms with Crippen LogP contribution in [0.3, 0.4) is 0 Å². The molecule has 0 aromatic carbocycles. The van der Waals surface area contributed by atoms with Gasteiger partial charge in [0, 0.05) is 12.4 Å². The standard InChI is InChI=1S/C4H5N2O/c1-4-5-2-3-6(4)7/h2-3H,1H3/q-1. The van der Waals surface area contributed by atoms with Crippen molar-refractivity contribution < 1.29 is 0 Å². The van der Waals surface area contributed by atoms with Crippen molar-refractivity contribution in [3.8, 4) is 0 Å². The molecule has 0 aliphatic rings. The Hall–Kier alpha value is -0.990. The zero-order chi connectivity index (χ0) is 5.28. The largest absolute Gasteiger partial charge is 0.805 e. The summed E-state index contributed by atoms with van der Waals surface area (Å²) >= 11 is 0. The third kappa shape index (κ3) is 0.559. The van der Waals surface area contributed by atoms with Crippen LogP contribution in [0, 0.1) is 12.1 Å². The fourth-order valence-electron chi connectivity index (χ4n) is 0.367. The minimum atomic E-state index is 0.500. The van der Waals surface area contributed by atoms with Crippen LogP contribution in [0.15, 0.2) is 12.4 Å². The Bertz CT molecular complexity index is 142. The SMILES string of the molecule is Cc1nccn1[O-]. The van der Waals surface area contributed by atoms with E-state index in [1.54, 1.807) is 6.92 Å². The number of hydrogen-bond acceptors (Lipinski definition) is 2. The molecular formula is C4H5N2O-. The van der Waals surface area contributed by atoms with Gasteiger partial charge in [0.25, 0.3) is 0 Å². The van der Waals surface area contributed by atoms with Crippen molar-refractivity contribution >= 4 is 0 Å². The normalized spacial score (nSPS) is 9.29. The second kappa shape index (κ2) is 1.26. The summed E-state index contributed by atoms with van der Waals surface area (Å²) < 4.78 is 0.722. The Morgan fingerprint density at radius 3 is 2.71 bits per heavy atom. The van der Waals surface area contributed by atoms with Crippen molar-refractivity contribution in [2.24, 2.45) is 0 Å². The van der Waals surface area contributed by atoms with E-state index in [1.807, 2.05) is 0 Å². The van der Waals surface area contributed by atoms with Gasteiger partial charge in [-0.2, -0.15) is 0 Å². The third-order valence-corrected chi connectivity index (χ3v) is 0.782. The number of rotatable bonds is 0. The molecular weight excluding hydrogens is 92.1 g/mol. The van der Waals surface area contributed by atoms with E-state index in [9.17, 15) is 5.21 Å². The van der Waals surface area contributed by atoms with E-state index in [1.165, 1.54) is 12.4 Å². The Balaban J connectivity index is 3.12. The van der Waals surface area contributed by atoms with Gasteiger partial charge in [-0.05, 0) is 6.92 Å². The molecule has 0 bridgehead atoms. The quantitative estimate of drug-likeness (QED) is 0.474. The molecule has 0 unspecified atom stereocenters. The molecule has 1 rings (SSSR count). The molecule has 0 aliphatic heterocycles. The monoisotopic (exact) mass is 97.0 g/mol. The average Bonchev–Trinajstić information content (AvgIpc) is 1.91. The van der Waals surface area contributed by atoms with Crippen LogP contribution in [0.5, 0.6) is 0 Å². The van der Waals surface area contributed by atoms with Gasteiger partial charge in [0.15, 0.2) is 0 Å². The van der Waals surface area contributed by atoms with Crippen LogP contribution in [-0.4, -0.2) is 9.71 Å². The van der Waals surface area contributed by atoms with Gasteiger partial charge in [0.1, 0.15) is 5.82 Å². The topological polar surface area (TPSA) is 40.9 Å². The minimum Gasteiger partial charge on any atom is -0.805 e. The maximum absolute atomic E-state index is 10.3. The van der Waals surface area contributed by atoms with Crippen LogP contribution in [0.2, 0.25) is 0 Å².